The first-order valence-electron chi connectivity index (χ1n) is 6.45. The third-order valence-electron chi connectivity index (χ3n) is 3.04. The van der Waals surface area contributed by atoms with Crippen LogP contribution in [0, 0.1) is 20.2 Å². The highest BCUT2D eigenvalue weighted by atomic mass is 35.7. The summed E-state index contributed by atoms with van der Waals surface area (Å²) in [6.45, 7) is 0. The maximum Gasteiger partial charge on any atom is 0.284 e. The summed E-state index contributed by atoms with van der Waals surface area (Å²) in [5.74, 6) is 0. The van der Waals surface area contributed by atoms with E-state index in [9.17, 15) is 37.1 Å². The van der Waals surface area contributed by atoms with Crippen molar-refractivity contribution in [1.29, 1.82) is 0 Å². The van der Waals surface area contributed by atoms with Gasteiger partial charge in [-0.15, -0.1) is 0 Å². The van der Waals surface area contributed by atoms with Crippen LogP contribution in [0.5, 0.6) is 0 Å². The van der Waals surface area contributed by atoms with Gasteiger partial charge in [0.2, 0.25) is 0 Å². The lowest BCUT2D eigenvalue weighted by Crippen LogP contribution is -1.98. The molecule has 0 N–H and O–H groups in total. The van der Waals surface area contributed by atoms with Gasteiger partial charge in [0, 0.05) is 33.5 Å². The number of nitrogens with zero attached hydrogens (tertiary/aromatic N) is 2. The van der Waals surface area contributed by atoms with E-state index in [1.807, 2.05) is 0 Å². The fourth-order valence-corrected chi connectivity index (χ4v) is 4.40. The SMILES string of the molecule is O=[N+]([O-])c1cc(S(=O)(=O)Cl)ccc1Sc1ccc(S(=O)(=O)Cl)cc1[N+](=O)[O-]. The quantitative estimate of drug-likeness (QED) is 0.348. The van der Waals surface area contributed by atoms with Crippen molar-refractivity contribution >= 4 is 62.6 Å². The number of halogens is 2. The Morgan fingerprint density at radius 3 is 1.33 bits per heavy atom. The summed E-state index contributed by atoms with van der Waals surface area (Å²) in [6.07, 6.45) is 0. The third kappa shape index (κ3) is 5.07. The molecule has 144 valence electrons. The molecule has 0 fully saturated rings. The molecule has 0 unspecified atom stereocenters. The highest BCUT2D eigenvalue weighted by Crippen LogP contribution is 2.41. The maximum atomic E-state index is 11.3. The Balaban J connectivity index is 2.60. The van der Waals surface area contributed by atoms with Gasteiger partial charge in [-0.2, -0.15) is 0 Å². The second kappa shape index (κ2) is 7.59. The summed E-state index contributed by atoms with van der Waals surface area (Å²) in [5, 5.41) is 22.4. The Kier molecular flexibility index (Phi) is 6.01. The Labute approximate surface area is 165 Å². The van der Waals surface area contributed by atoms with Gasteiger partial charge < -0.3 is 0 Å². The largest absolute Gasteiger partial charge is 0.284 e. The topological polar surface area (TPSA) is 155 Å². The molecule has 0 saturated heterocycles. The lowest BCUT2D eigenvalue weighted by atomic mass is 10.3. The van der Waals surface area contributed by atoms with Crippen molar-refractivity contribution in [2.75, 3.05) is 0 Å². The van der Waals surface area contributed by atoms with Gasteiger partial charge in [0.1, 0.15) is 0 Å². The molecule has 0 aliphatic heterocycles. The zero-order valence-corrected chi connectivity index (χ0v) is 16.6. The van der Waals surface area contributed by atoms with Crippen LogP contribution in [-0.2, 0) is 18.1 Å². The molecule has 0 atom stereocenters. The predicted octanol–water partition coefficient (Wildman–Crippen LogP) is 3.51. The van der Waals surface area contributed by atoms with Crippen molar-refractivity contribution in [3.05, 3.63) is 56.6 Å². The second-order valence-electron chi connectivity index (χ2n) is 4.75. The molecule has 0 aliphatic carbocycles. The average Bonchev–Trinajstić information content (AvgIpc) is 2.53. The molecule has 0 aliphatic rings. The fourth-order valence-electron chi connectivity index (χ4n) is 1.87. The third-order valence-corrected chi connectivity index (χ3v) is 6.87. The van der Waals surface area contributed by atoms with Gasteiger partial charge in [-0.25, -0.2) is 16.8 Å². The van der Waals surface area contributed by atoms with Crippen LogP contribution >= 0.6 is 33.1 Å². The molecule has 0 aromatic heterocycles. The van der Waals surface area contributed by atoms with Crippen molar-refractivity contribution in [2.45, 2.75) is 19.6 Å². The highest BCUT2D eigenvalue weighted by Gasteiger charge is 2.25. The minimum absolute atomic E-state index is 0.117. The minimum atomic E-state index is -4.22. The van der Waals surface area contributed by atoms with Crippen LogP contribution < -0.4 is 0 Å². The molecule has 2 aromatic carbocycles. The van der Waals surface area contributed by atoms with Crippen LogP contribution in [0.4, 0.5) is 11.4 Å². The lowest BCUT2D eigenvalue weighted by Gasteiger charge is -2.06. The molecule has 15 heteroatoms. The predicted molar refractivity (Wildman–Crippen MR) is 96.4 cm³/mol. The van der Waals surface area contributed by atoms with E-state index in [1.54, 1.807) is 0 Å². The van der Waals surface area contributed by atoms with E-state index >= 15 is 0 Å². The van der Waals surface area contributed by atoms with Gasteiger partial charge in [0.15, 0.2) is 0 Å². The molecular weight excluding hydrogens is 467 g/mol. The zero-order chi connectivity index (χ0) is 20.6. The maximum absolute atomic E-state index is 11.3. The van der Waals surface area contributed by atoms with Crippen LogP contribution in [0.25, 0.3) is 0 Å². The normalized spacial score (nSPS) is 11.9. The first kappa shape index (κ1) is 21.4. The van der Waals surface area contributed by atoms with Crippen LogP contribution in [0.3, 0.4) is 0 Å². The molecule has 0 heterocycles. The Bertz CT molecular complexity index is 1070. The molecule has 2 aromatic rings. The summed E-state index contributed by atoms with van der Waals surface area (Å²) < 4.78 is 45.3. The number of nitro benzene ring substituents is 2. The first-order valence-corrected chi connectivity index (χ1v) is 11.9. The van der Waals surface area contributed by atoms with Crippen molar-refractivity contribution < 1.29 is 26.7 Å². The number of hydrogen-bond acceptors (Lipinski definition) is 9. The van der Waals surface area contributed by atoms with E-state index in [2.05, 4.69) is 0 Å². The van der Waals surface area contributed by atoms with Crippen LogP contribution in [-0.4, -0.2) is 26.7 Å². The number of nitro groups is 2. The molecule has 0 spiro atoms. The zero-order valence-electron chi connectivity index (χ0n) is 12.6. The second-order valence-corrected chi connectivity index (χ2v) is 11.0. The average molecular weight is 473 g/mol. The molecule has 10 nitrogen and oxygen atoms in total. The summed E-state index contributed by atoms with van der Waals surface area (Å²) in [7, 11) is 1.87. The molecule has 0 saturated carbocycles. The van der Waals surface area contributed by atoms with E-state index in [4.69, 9.17) is 21.4 Å². The molecule has 0 radical (unpaired) electrons. The minimum Gasteiger partial charge on any atom is -0.258 e. The van der Waals surface area contributed by atoms with E-state index in [-0.39, 0.29) is 9.79 Å². The fraction of sp³-hybridized carbons (Fsp3) is 0. The van der Waals surface area contributed by atoms with E-state index in [1.165, 1.54) is 0 Å². The van der Waals surface area contributed by atoms with E-state index in [0.29, 0.717) is 23.9 Å². The Morgan fingerprint density at radius 1 is 0.741 bits per heavy atom. The smallest absolute Gasteiger partial charge is 0.258 e. The van der Waals surface area contributed by atoms with Crippen molar-refractivity contribution in [2.24, 2.45) is 0 Å². The van der Waals surface area contributed by atoms with Gasteiger partial charge >= 0.3 is 0 Å². The van der Waals surface area contributed by atoms with Gasteiger partial charge in [0.25, 0.3) is 29.5 Å². The summed E-state index contributed by atoms with van der Waals surface area (Å²) in [4.78, 5) is 19.4. The Morgan fingerprint density at radius 2 is 1.07 bits per heavy atom. The Hall–Kier alpha value is -1.93. The number of hydrogen-bond donors (Lipinski definition) is 0. The van der Waals surface area contributed by atoms with Crippen LogP contribution in [0.1, 0.15) is 0 Å². The molecule has 2 rings (SSSR count). The molecular formula is C12H6Cl2N2O8S3. The van der Waals surface area contributed by atoms with Crippen molar-refractivity contribution in [1.82, 2.24) is 0 Å². The van der Waals surface area contributed by atoms with Gasteiger partial charge in [-0.3, -0.25) is 20.2 Å². The monoisotopic (exact) mass is 472 g/mol. The molecule has 0 bridgehead atoms. The van der Waals surface area contributed by atoms with Crippen molar-refractivity contribution in [3.63, 3.8) is 0 Å². The van der Waals surface area contributed by atoms with E-state index in [0.717, 1.165) is 24.3 Å². The molecule has 27 heavy (non-hydrogen) atoms. The standard InChI is InChI=1S/C12H6Cl2N2O8S3/c13-26(21,22)7-1-3-11(9(5-7)15(17)18)25-12-4-2-8(27(14,23)24)6-10(12)16(19)20/h1-6H. The summed E-state index contributed by atoms with van der Waals surface area (Å²) in [5.41, 5.74) is -1.30. The van der Waals surface area contributed by atoms with Crippen LogP contribution in [0.2, 0.25) is 0 Å². The summed E-state index contributed by atoms with van der Waals surface area (Å²) >= 11 is 0.577. The number of benzene rings is 2. The van der Waals surface area contributed by atoms with Crippen LogP contribution in [0.15, 0.2) is 56.0 Å². The van der Waals surface area contributed by atoms with Crippen molar-refractivity contribution in [3.8, 4) is 0 Å². The van der Waals surface area contributed by atoms with Gasteiger partial charge in [0.05, 0.1) is 29.4 Å². The first-order chi connectivity index (χ1) is 12.3. The summed E-state index contributed by atoms with van der Waals surface area (Å²) in [6, 6.07) is 5.56. The molecule has 0 amide bonds. The number of rotatable bonds is 6. The van der Waals surface area contributed by atoms with Gasteiger partial charge in [-0.1, -0.05) is 11.8 Å². The van der Waals surface area contributed by atoms with E-state index < -0.39 is 49.1 Å². The van der Waals surface area contributed by atoms with Gasteiger partial charge in [-0.05, 0) is 24.3 Å². The highest BCUT2D eigenvalue weighted by molar-refractivity contribution is 8.14. The lowest BCUT2D eigenvalue weighted by molar-refractivity contribution is -0.388.